The number of rotatable bonds is 4. The van der Waals surface area contributed by atoms with Crippen molar-refractivity contribution in [1.29, 1.82) is 0 Å². The van der Waals surface area contributed by atoms with Crippen molar-refractivity contribution in [2.75, 3.05) is 13.1 Å². The summed E-state index contributed by atoms with van der Waals surface area (Å²) in [6.45, 7) is 5.89. The van der Waals surface area contributed by atoms with Gasteiger partial charge in [0.2, 0.25) is 0 Å². The summed E-state index contributed by atoms with van der Waals surface area (Å²) in [4.78, 5) is 16.3. The van der Waals surface area contributed by atoms with Gasteiger partial charge in [0.15, 0.2) is 0 Å². The smallest absolute Gasteiger partial charge is 0.270 e. The molecular formula is C11H16Cl2N2O2. The number of carbonyl (C=O) groups is 1. The first kappa shape index (κ1) is 14.4. The first-order chi connectivity index (χ1) is 7.74. The van der Waals surface area contributed by atoms with E-state index in [0.29, 0.717) is 17.3 Å². The fourth-order valence-electron chi connectivity index (χ4n) is 1.48. The van der Waals surface area contributed by atoms with E-state index in [4.69, 9.17) is 23.2 Å². The van der Waals surface area contributed by atoms with Crippen molar-refractivity contribution in [3.8, 4) is 0 Å². The van der Waals surface area contributed by atoms with Crippen LogP contribution in [0.15, 0.2) is 6.07 Å². The lowest BCUT2D eigenvalue weighted by Gasteiger charge is -2.27. The molecule has 1 aromatic heterocycles. The SMILES string of the molecule is CCN(CC(C)(C)O)C(=O)c1cc(Cl)c(Cl)[nH]1. The summed E-state index contributed by atoms with van der Waals surface area (Å²) in [6, 6.07) is 1.49. The maximum absolute atomic E-state index is 12.1. The second-order valence-electron chi connectivity index (χ2n) is 4.48. The predicted octanol–water partition coefficient (Wildman–Crippen LogP) is 2.55. The van der Waals surface area contributed by atoms with Crippen molar-refractivity contribution in [2.45, 2.75) is 26.4 Å². The molecule has 1 amide bonds. The fraction of sp³-hybridized carbons (Fsp3) is 0.545. The zero-order valence-electron chi connectivity index (χ0n) is 10.1. The van der Waals surface area contributed by atoms with Gasteiger partial charge in [-0.1, -0.05) is 23.2 Å². The highest BCUT2D eigenvalue weighted by atomic mass is 35.5. The summed E-state index contributed by atoms with van der Waals surface area (Å²) in [5.41, 5.74) is -0.614. The number of carbonyl (C=O) groups excluding carboxylic acids is 1. The van der Waals surface area contributed by atoms with Crippen LogP contribution < -0.4 is 0 Å². The molecule has 0 radical (unpaired) electrons. The largest absolute Gasteiger partial charge is 0.389 e. The van der Waals surface area contributed by atoms with Crippen LogP contribution in [0.4, 0.5) is 0 Å². The maximum atomic E-state index is 12.1. The van der Waals surface area contributed by atoms with Crippen LogP contribution in [0.25, 0.3) is 0 Å². The summed E-state index contributed by atoms with van der Waals surface area (Å²) in [6.07, 6.45) is 0. The third-order valence-electron chi connectivity index (χ3n) is 2.20. The van der Waals surface area contributed by atoms with Gasteiger partial charge in [-0.3, -0.25) is 4.79 Å². The molecule has 0 aliphatic rings. The van der Waals surface area contributed by atoms with E-state index in [0.717, 1.165) is 0 Å². The Balaban J connectivity index is 2.86. The number of hydrogen-bond donors (Lipinski definition) is 2. The van der Waals surface area contributed by atoms with Crippen LogP contribution in [0, 0.1) is 0 Å². The maximum Gasteiger partial charge on any atom is 0.270 e. The molecule has 0 fully saturated rings. The first-order valence-corrected chi connectivity index (χ1v) is 6.06. The average molecular weight is 279 g/mol. The lowest BCUT2D eigenvalue weighted by atomic mass is 10.1. The Morgan fingerprint density at radius 2 is 2.12 bits per heavy atom. The Morgan fingerprint density at radius 1 is 1.53 bits per heavy atom. The monoisotopic (exact) mass is 278 g/mol. The molecule has 0 atom stereocenters. The van der Waals surface area contributed by atoms with Crippen molar-refractivity contribution in [2.24, 2.45) is 0 Å². The Morgan fingerprint density at radius 3 is 2.47 bits per heavy atom. The molecule has 1 aromatic rings. The lowest BCUT2D eigenvalue weighted by Crippen LogP contribution is -2.42. The van der Waals surface area contributed by atoms with Crippen molar-refractivity contribution in [3.05, 3.63) is 21.9 Å². The molecule has 0 unspecified atom stereocenters. The molecule has 1 heterocycles. The number of aromatic amines is 1. The number of amides is 1. The van der Waals surface area contributed by atoms with Crippen molar-refractivity contribution in [1.82, 2.24) is 9.88 Å². The zero-order valence-corrected chi connectivity index (χ0v) is 11.6. The molecule has 0 saturated carbocycles. The van der Waals surface area contributed by atoms with Crippen LogP contribution in [-0.4, -0.2) is 39.6 Å². The number of aromatic nitrogens is 1. The van der Waals surface area contributed by atoms with Gasteiger partial charge in [0.05, 0.1) is 10.6 Å². The number of nitrogens with one attached hydrogen (secondary N) is 1. The van der Waals surface area contributed by atoms with Crippen LogP contribution in [0.5, 0.6) is 0 Å². The zero-order chi connectivity index (χ0) is 13.2. The summed E-state index contributed by atoms with van der Waals surface area (Å²) in [7, 11) is 0. The molecule has 0 aliphatic heterocycles. The lowest BCUT2D eigenvalue weighted by molar-refractivity contribution is 0.0312. The van der Waals surface area contributed by atoms with Crippen molar-refractivity contribution < 1.29 is 9.90 Å². The van der Waals surface area contributed by atoms with E-state index in [2.05, 4.69) is 4.98 Å². The number of likely N-dealkylation sites (N-methyl/N-ethyl adjacent to an activating group) is 1. The number of H-pyrrole nitrogens is 1. The molecule has 2 N–H and O–H groups in total. The van der Waals surface area contributed by atoms with Gasteiger partial charge in [0, 0.05) is 13.1 Å². The molecule has 0 saturated heterocycles. The van der Waals surface area contributed by atoms with E-state index in [1.807, 2.05) is 6.92 Å². The summed E-state index contributed by atoms with van der Waals surface area (Å²) in [5, 5.41) is 10.3. The van der Waals surface area contributed by atoms with E-state index in [9.17, 15) is 9.90 Å². The minimum atomic E-state index is -0.939. The number of aliphatic hydroxyl groups is 1. The van der Waals surface area contributed by atoms with Crippen LogP contribution in [0.2, 0.25) is 10.2 Å². The third kappa shape index (κ3) is 3.91. The highest BCUT2D eigenvalue weighted by Crippen LogP contribution is 2.23. The molecule has 6 heteroatoms. The van der Waals surface area contributed by atoms with Crippen LogP contribution in [0.1, 0.15) is 31.3 Å². The summed E-state index contributed by atoms with van der Waals surface area (Å²) in [5.74, 6) is -0.233. The molecule has 0 bridgehead atoms. The highest BCUT2D eigenvalue weighted by Gasteiger charge is 2.23. The van der Waals surface area contributed by atoms with Gasteiger partial charge < -0.3 is 15.0 Å². The molecule has 0 aromatic carbocycles. The minimum Gasteiger partial charge on any atom is -0.389 e. The van der Waals surface area contributed by atoms with Crippen LogP contribution >= 0.6 is 23.2 Å². The van der Waals surface area contributed by atoms with Gasteiger partial charge in [0.25, 0.3) is 5.91 Å². The Labute approximate surface area is 111 Å². The van der Waals surface area contributed by atoms with E-state index in [1.54, 1.807) is 13.8 Å². The summed E-state index contributed by atoms with van der Waals surface area (Å²) < 4.78 is 0. The van der Waals surface area contributed by atoms with E-state index >= 15 is 0 Å². The van der Waals surface area contributed by atoms with Gasteiger partial charge in [-0.15, -0.1) is 0 Å². The quantitative estimate of drug-likeness (QED) is 0.890. The van der Waals surface area contributed by atoms with Crippen molar-refractivity contribution in [3.63, 3.8) is 0 Å². The van der Waals surface area contributed by atoms with Gasteiger partial charge in [-0.05, 0) is 26.8 Å². The predicted molar refractivity (Wildman–Crippen MR) is 68.7 cm³/mol. The number of halogens is 2. The minimum absolute atomic E-state index is 0.233. The van der Waals surface area contributed by atoms with Gasteiger partial charge in [-0.2, -0.15) is 0 Å². The van der Waals surface area contributed by atoms with E-state index < -0.39 is 5.60 Å². The Hall–Kier alpha value is -0.710. The molecule has 0 aliphatic carbocycles. The van der Waals surface area contributed by atoms with Crippen LogP contribution in [-0.2, 0) is 0 Å². The van der Waals surface area contributed by atoms with Gasteiger partial charge in [0.1, 0.15) is 10.8 Å². The first-order valence-electron chi connectivity index (χ1n) is 5.30. The van der Waals surface area contributed by atoms with Crippen LogP contribution in [0.3, 0.4) is 0 Å². The average Bonchev–Trinajstić information content (AvgIpc) is 2.53. The van der Waals surface area contributed by atoms with E-state index in [1.165, 1.54) is 11.0 Å². The third-order valence-corrected chi connectivity index (χ3v) is 2.90. The van der Waals surface area contributed by atoms with Crippen molar-refractivity contribution >= 4 is 29.1 Å². The summed E-state index contributed by atoms with van der Waals surface area (Å²) >= 11 is 11.5. The van der Waals surface area contributed by atoms with Gasteiger partial charge >= 0.3 is 0 Å². The molecule has 1 rings (SSSR count). The highest BCUT2D eigenvalue weighted by molar-refractivity contribution is 6.41. The second kappa shape index (κ2) is 5.29. The Kier molecular flexibility index (Phi) is 4.47. The fourth-order valence-corrected chi connectivity index (χ4v) is 1.80. The molecule has 4 nitrogen and oxygen atoms in total. The molecule has 96 valence electrons. The molecule has 17 heavy (non-hydrogen) atoms. The Bertz CT molecular complexity index is 391. The van der Waals surface area contributed by atoms with Gasteiger partial charge in [-0.25, -0.2) is 0 Å². The topological polar surface area (TPSA) is 56.3 Å². The molecular weight excluding hydrogens is 263 g/mol. The standard InChI is InChI=1S/C11H16Cl2N2O2/c1-4-15(6-11(2,3)17)10(16)8-5-7(12)9(13)14-8/h5,14,17H,4,6H2,1-3H3. The number of nitrogens with zero attached hydrogens (tertiary/aromatic N) is 1. The second-order valence-corrected chi connectivity index (χ2v) is 5.26. The number of hydrogen-bond acceptors (Lipinski definition) is 2. The molecule has 0 spiro atoms. The normalized spacial score (nSPS) is 11.6. The van der Waals surface area contributed by atoms with E-state index in [-0.39, 0.29) is 17.6 Å².